The summed E-state index contributed by atoms with van der Waals surface area (Å²) in [6, 6.07) is -0.192. The van der Waals surface area contributed by atoms with Gasteiger partial charge >= 0.3 is 6.01 Å². The summed E-state index contributed by atoms with van der Waals surface area (Å²) in [5, 5.41) is 7.24. The summed E-state index contributed by atoms with van der Waals surface area (Å²) >= 11 is 0. The first kappa shape index (κ1) is 19.4. The van der Waals surface area contributed by atoms with Crippen molar-refractivity contribution in [3.63, 3.8) is 0 Å². The molecule has 8 nitrogen and oxygen atoms in total. The normalized spacial score (nSPS) is 10.8. The first-order valence-corrected chi connectivity index (χ1v) is 8.48. The summed E-state index contributed by atoms with van der Waals surface area (Å²) in [5.41, 5.74) is 0. The van der Waals surface area contributed by atoms with Gasteiger partial charge in [0, 0.05) is 13.0 Å². The van der Waals surface area contributed by atoms with Gasteiger partial charge in [0.05, 0.1) is 12.3 Å². The van der Waals surface area contributed by atoms with Crippen LogP contribution in [0.25, 0.3) is 0 Å². The number of amides is 1. The van der Waals surface area contributed by atoms with Crippen LogP contribution in [0.2, 0.25) is 0 Å². The molecule has 0 radical (unpaired) electrons. The lowest BCUT2D eigenvalue weighted by Crippen LogP contribution is -2.30. The first-order valence-electron chi connectivity index (χ1n) is 6.83. The average Bonchev–Trinajstić information content (AvgIpc) is 2.86. The standard InChI is InChI=1S/C10H18N4O4S.C2H6/c1-5-19(16,17)13-10-12-11-8(18-10)6-14(4)9(15)7(2)3;1-2/h7H,5-6H2,1-4H3,(H,12,13);1-2H3. The van der Waals surface area contributed by atoms with Crippen LogP contribution >= 0.6 is 0 Å². The first-order chi connectivity index (χ1) is 9.75. The molecular formula is C12H24N4O4S. The highest BCUT2D eigenvalue weighted by Gasteiger charge is 2.17. The van der Waals surface area contributed by atoms with E-state index >= 15 is 0 Å². The Morgan fingerprint density at radius 3 is 2.38 bits per heavy atom. The molecule has 0 spiro atoms. The molecule has 0 atom stereocenters. The molecule has 0 bridgehead atoms. The highest BCUT2D eigenvalue weighted by Crippen LogP contribution is 2.10. The van der Waals surface area contributed by atoms with E-state index in [4.69, 9.17) is 4.42 Å². The fraction of sp³-hybridized carbons (Fsp3) is 0.750. The third-order valence-electron chi connectivity index (χ3n) is 2.33. The zero-order valence-electron chi connectivity index (χ0n) is 13.4. The fourth-order valence-corrected chi connectivity index (χ4v) is 1.78. The number of nitrogens with zero attached hydrogens (tertiary/aromatic N) is 3. The molecule has 1 heterocycles. The molecule has 0 saturated heterocycles. The summed E-state index contributed by atoms with van der Waals surface area (Å²) in [5.74, 6) is -0.110. The van der Waals surface area contributed by atoms with Crippen LogP contribution in [0.3, 0.4) is 0 Å². The topological polar surface area (TPSA) is 105 Å². The number of hydrogen-bond donors (Lipinski definition) is 1. The number of sulfonamides is 1. The number of nitrogens with one attached hydrogen (secondary N) is 1. The van der Waals surface area contributed by atoms with E-state index in [1.54, 1.807) is 20.9 Å². The van der Waals surface area contributed by atoms with Gasteiger partial charge in [0.15, 0.2) is 0 Å². The zero-order chi connectivity index (χ0) is 16.6. The predicted molar refractivity (Wildman–Crippen MR) is 80.0 cm³/mol. The number of carbonyl (C=O) groups is 1. The van der Waals surface area contributed by atoms with Crippen molar-refractivity contribution in [2.45, 2.75) is 41.2 Å². The molecule has 1 aromatic rings. The molecule has 1 rings (SSSR count). The Morgan fingerprint density at radius 1 is 1.33 bits per heavy atom. The van der Waals surface area contributed by atoms with E-state index in [0.717, 1.165) is 0 Å². The van der Waals surface area contributed by atoms with E-state index in [9.17, 15) is 13.2 Å². The van der Waals surface area contributed by atoms with Crippen molar-refractivity contribution >= 4 is 21.9 Å². The van der Waals surface area contributed by atoms with Crippen LogP contribution in [0.1, 0.15) is 40.5 Å². The van der Waals surface area contributed by atoms with Gasteiger partial charge in [-0.2, -0.15) is 0 Å². The molecule has 1 N–H and O–H groups in total. The Bertz CT molecular complexity index is 539. The Balaban J connectivity index is 0.00000191. The molecule has 9 heteroatoms. The molecule has 0 aromatic carbocycles. The van der Waals surface area contributed by atoms with E-state index < -0.39 is 10.0 Å². The maximum atomic E-state index is 11.7. The maximum absolute atomic E-state index is 11.7. The van der Waals surface area contributed by atoms with Crippen molar-refractivity contribution in [1.29, 1.82) is 0 Å². The van der Waals surface area contributed by atoms with Crippen molar-refractivity contribution in [3.05, 3.63) is 5.89 Å². The maximum Gasteiger partial charge on any atom is 0.329 e. The van der Waals surface area contributed by atoms with Gasteiger partial charge in [0.25, 0.3) is 0 Å². The quantitative estimate of drug-likeness (QED) is 0.851. The molecule has 0 aliphatic rings. The summed E-state index contributed by atoms with van der Waals surface area (Å²) in [7, 11) is -1.83. The van der Waals surface area contributed by atoms with Crippen molar-refractivity contribution in [2.75, 3.05) is 17.5 Å². The monoisotopic (exact) mass is 320 g/mol. The largest absolute Gasteiger partial charge is 0.405 e. The van der Waals surface area contributed by atoms with Gasteiger partial charge < -0.3 is 9.32 Å². The van der Waals surface area contributed by atoms with E-state index in [1.807, 2.05) is 13.8 Å². The second kappa shape index (κ2) is 8.60. The Morgan fingerprint density at radius 2 is 1.90 bits per heavy atom. The van der Waals surface area contributed by atoms with Crippen LogP contribution in [0.5, 0.6) is 0 Å². The van der Waals surface area contributed by atoms with Crippen molar-refractivity contribution in [1.82, 2.24) is 15.1 Å². The van der Waals surface area contributed by atoms with Crippen LogP contribution in [0.15, 0.2) is 4.42 Å². The minimum atomic E-state index is -3.44. The summed E-state index contributed by atoms with van der Waals surface area (Å²) in [6.45, 7) is 9.20. The van der Waals surface area contributed by atoms with Gasteiger partial charge in [-0.3, -0.25) is 4.79 Å². The highest BCUT2D eigenvalue weighted by molar-refractivity contribution is 7.92. The Kier molecular flexibility index (Phi) is 7.93. The number of anilines is 1. The number of aromatic nitrogens is 2. The van der Waals surface area contributed by atoms with Gasteiger partial charge in [-0.1, -0.05) is 32.8 Å². The van der Waals surface area contributed by atoms with E-state index in [2.05, 4.69) is 14.9 Å². The third-order valence-corrected chi connectivity index (χ3v) is 3.58. The van der Waals surface area contributed by atoms with Gasteiger partial charge in [0.1, 0.15) is 0 Å². The van der Waals surface area contributed by atoms with Crippen molar-refractivity contribution < 1.29 is 17.6 Å². The molecule has 0 saturated carbocycles. The van der Waals surface area contributed by atoms with Gasteiger partial charge in [-0.05, 0) is 6.92 Å². The lowest BCUT2D eigenvalue weighted by molar-refractivity contribution is -0.133. The Labute approximate surface area is 126 Å². The smallest absolute Gasteiger partial charge is 0.329 e. The predicted octanol–water partition coefficient (Wildman–Crippen LogP) is 1.47. The Hall–Kier alpha value is -1.64. The van der Waals surface area contributed by atoms with Gasteiger partial charge in [-0.25, -0.2) is 13.1 Å². The minimum Gasteiger partial charge on any atom is -0.405 e. The van der Waals surface area contributed by atoms with E-state index in [1.165, 1.54) is 11.8 Å². The third kappa shape index (κ3) is 6.56. The molecule has 0 aliphatic carbocycles. The molecule has 1 amide bonds. The second-order valence-electron chi connectivity index (χ2n) is 4.36. The summed E-state index contributed by atoms with van der Waals surface area (Å²) < 4.78 is 29.8. The average molecular weight is 320 g/mol. The number of carbonyl (C=O) groups excluding carboxylic acids is 1. The van der Waals surface area contributed by atoms with E-state index in [0.29, 0.717) is 0 Å². The molecule has 0 unspecified atom stereocenters. The SMILES string of the molecule is CC.CCS(=O)(=O)Nc1nnc(CN(C)C(=O)C(C)C)o1. The van der Waals surface area contributed by atoms with Crippen molar-refractivity contribution in [2.24, 2.45) is 5.92 Å². The number of rotatable bonds is 6. The van der Waals surface area contributed by atoms with Gasteiger partial charge in [0.2, 0.25) is 21.8 Å². The number of hydrogen-bond acceptors (Lipinski definition) is 6. The molecule has 0 fully saturated rings. The summed E-state index contributed by atoms with van der Waals surface area (Å²) in [6.07, 6.45) is 0. The lowest BCUT2D eigenvalue weighted by atomic mass is 10.2. The molecule has 122 valence electrons. The lowest BCUT2D eigenvalue weighted by Gasteiger charge is -2.16. The molecule has 0 aliphatic heterocycles. The molecule has 1 aromatic heterocycles. The zero-order valence-corrected chi connectivity index (χ0v) is 14.2. The van der Waals surface area contributed by atoms with E-state index in [-0.39, 0.29) is 36.0 Å². The van der Waals surface area contributed by atoms with Crippen molar-refractivity contribution in [3.8, 4) is 0 Å². The van der Waals surface area contributed by atoms with Crippen LogP contribution in [-0.2, 0) is 21.4 Å². The van der Waals surface area contributed by atoms with Crippen LogP contribution < -0.4 is 4.72 Å². The molecular weight excluding hydrogens is 296 g/mol. The molecule has 21 heavy (non-hydrogen) atoms. The van der Waals surface area contributed by atoms with Gasteiger partial charge in [-0.15, -0.1) is 5.10 Å². The minimum absolute atomic E-state index is 0.0612. The van der Waals surface area contributed by atoms with Crippen LogP contribution in [0, 0.1) is 5.92 Å². The van der Waals surface area contributed by atoms with Crippen LogP contribution in [-0.4, -0.2) is 42.2 Å². The fourth-order valence-electron chi connectivity index (χ4n) is 1.29. The summed E-state index contributed by atoms with van der Waals surface area (Å²) in [4.78, 5) is 13.1. The van der Waals surface area contributed by atoms with Crippen LogP contribution in [0.4, 0.5) is 6.01 Å². The second-order valence-corrected chi connectivity index (χ2v) is 6.37. The highest BCUT2D eigenvalue weighted by atomic mass is 32.2.